The number of fused-ring (bicyclic) bond motifs is 1. The van der Waals surface area contributed by atoms with Gasteiger partial charge in [-0.15, -0.1) is 0 Å². The van der Waals surface area contributed by atoms with E-state index >= 15 is 0 Å². The highest BCUT2D eigenvalue weighted by Gasteiger charge is 2.20. The van der Waals surface area contributed by atoms with Gasteiger partial charge >= 0.3 is 0 Å². The second kappa shape index (κ2) is 15.9. The van der Waals surface area contributed by atoms with E-state index < -0.39 is 0 Å². The fourth-order valence-electron chi connectivity index (χ4n) is 5.47. The lowest BCUT2D eigenvalue weighted by atomic mass is 10.1. The molecule has 0 aliphatic heterocycles. The van der Waals surface area contributed by atoms with Crippen LogP contribution in [0.3, 0.4) is 0 Å². The number of rotatable bonds is 16. The van der Waals surface area contributed by atoms with Crippen LogP contribution in [0.15, 0.2) is 66.7 Å². The van der Waals surface area contributed by atoms with E-state index in [-0.39, 0.29) is 5.91 Å². The molecule has 0 radical (unpaired) electrons. The van der Waals surface area contributed by atoms with Crippen LogP contribution in [-0.4, -0.2) is 58.5 Å². The first-order valence-corrected chi connectivity index (χ1v) is 16.5. The first-order valence-electron chi connectivity index (χ1n) is 16.5. The molecule has 6 heteroatoms. The standard InChI is InChI=1S/C38H53N5O/c1-28(2)18-24-42(25-19-29(3)4)37(44)33-16-17-34-36(27-33)43(38(39-34)40-35-26-30(5)14-15-31(35)6)22-11-21-41(7)23-20-32-12-9-8-10-13-32/h8-10,12-17,26-29H,11,18-25H2,1-7H3,(H,39,40). The number of aromatic nitrogens is 2. The zero-order valence-corrected chi connectivity index (χ0v) is 28.1. The minimum absolute atomic E-state index is 0.116. The molecule has 4 rings (SSSR count). The second-order valence-corrected chi connectivity index (χ2v) is 13.3. The average molecular weight is 596 g/mol. The first kappa shape index (κ1) is 33.3. The molecule has 0 aliphatic rings. The number of benzene rings is 3. The number of hydrogen-bond donors (Lipinski definition) is 1. The minimum Gasteiger partial charge on any atom is -0.339 e. The number of nitrogens with one attached hydrogen (secondary N) is 1. The number of nitrogens with zero attached hydrogens (tertiary/aromatic N) is 4. The summed E-state index contributed by atoms with van der Waals surface area (Å²) in [6.07, 6.45) is 4.03. The van der Waals surface area contributed by atoms with Crippen molar-refractivity contribution in [3.05, 3.63) is 89.0 Å². The molecule has 1 amide bonds. The highest BCUT2D eigenvalue weighted by molar-refractivity contribution is 5.98. The van der Waals surface area contributed by atoms with Gasteiger partial charge in [0.05, 0.1) is 11.0 Å². The predicted molar refractivity (Wildman–Crippen MR) is 186 cm³/mol. The molecule has 0 saturated carbocycles. The van der Waals surface area contributed by atoms with Gasteiger partial charge in [-0.2, -0.15) is 0 Å². The summed E-state index contributed by atoms with van der Waals surface area (Å²) in [5, 5.41) is 3.64. The van der Waals surface area contributed by atoms with E-state index in [2.05, 4.69) is 123 Å². The number of hydrogen-bond acceptors (Lipinski definition) is 4. The fourth-order valence-corrected chi connectivity index (χ4v) is 5.47. The highest BCUT2D eigenvalue weighted by atomic mass is 16.2. The molecule has 0 atom stereocenters. The van der Waals surface area contributed by atoms with Crippen LogP contribution in [0, 0.1) is 25.7 Å². The maximum absolute atomic E-state index is 13.9. The third kappa shape index (κ3) is 9.43. The fraction of sp³-hybridized carbons (Fsp3) is 0.474. The van der Waals surface area contributed by atoms with Gasteiger partial charge in [-0.25, -0.2) is 4.98 Å². The van der Waals surface area contributed by atoms with E-state index in [0.29, 0.717) is 11.8 Å². The van der Waals surface area contributed by atoms with Crippen molar-refractivity contribution in [3.8, 4) is 0 Å². The van der Waals surface area contributed by atoms with Crippen LogP contribution in [0.4, 0.5) is 11.6 Å². The molecular weight excluding hydrogens is 542 g/mol. The maximum atomic E-state index is 13.9. The quantitative estimate of drug-likeness (QED) is 0.141. The molecule has 0 spiro atoms. The van der Waals surface area contributed by atoms with Crippen molar-refractivity contribution >= 4 is 28.6 Å². The summed E-state index contributed by atoms with van der Waals surface area (Å²) in [7, 11) is 2.20. The zero-order valence-electron chi connectivity index (χ0n) is 28.1. The number of amides is 1. The van der Waals surface area contributed by atoms with Crippen LogP contribution < -0.4 is 5.32 Å². The minimum atomic E-state index is 0.116. The second-order valence-electron chi connectivity index (χ2n) is 13.3. The molecule has 4 aromatic rings. The zero-order chi connectivity index (χ0) is 31.6. The molecule has 0 fully saturated rings. The molecule has 1 N–H and O–H groups in total. The van der Waals surface area contributed by atoms with Crippen molar-refractivity contribution in [1.29, 1.82) is 0 Å². The predicted octanol–water partition coefficient (Wildman–Crippen LogP) is 8.50. The Morgan fingerprint density at radius 1 is 0.864 bits per heavy atom. The summed E-state index contributed by atoms with van der Waals surface area (Å²) in [5.74, 6) is 2.04. The number of aryl methyl sites for hydroxylation is 3. The lowest BCUT2D eigenvalue weighted by Crippen LogP contribution is -2.34. The average Bonchev–Trinajstić information content (AvgIpc) is 3.34. The summed E-state index contributed by atoms with van der Waals surface area (Å²) in [6, 6.07) is 23.2. The van der Waals surface area contributed by atoms with Crippen molar-refractivity contribution in [1.82, 2.24) is 19.4 Å². The summed E-state index contributed by atoms with van der Waals surface area (Å²) < 4.78 is 2.27. The van der Waals surface area contributed by atoms with Crippen LogP contribution in [0.1, 0.15) is 74.0 Å². The number of carbonyl (C=O) groups is 1. The van der Waals surface area contributed by atoms with Crippen molar-refractivity contribution in [2.75, 3.05) is 38.5 Å². The van der Waals surface area contributed by atoms with Gasteiger partial charge in [-0.3, -0.25) is 4.79 Å². The topological polar surface area (TPSA) is 53.4 Å². The number of likely N-dealkylation sites (N-methyl/N-ethyl adjacent to an activating group) is 1. The molecule has 3 aromatic carbocycles. The highest BCUT2D eigenvalue weighted by Crippen LogP contribution is 2.27. The Kier molecular flexibility index (Phi) is 12.0. The van der Waals surface area contributed by atoms with Crippen LogP contribution in [0.2, 0.25) is 0 Å². The molecule has 0 unspecified atom stereocenters. The summed E-state index contributed by atoms with van der Waals surface area (Å²) in [6.45, 7) is 17.5. The molecule has 0 saturated heterocycles. The molecule has 0 bridgehead atoms. The Morgan fingerprint density at radius 3 is 2.25 bits per heavy atom. The van der Waals surface area contributed by atoms with Crippen molar-refractivity contribution in [3.63, 3.8) is 0 Å². The Hall–Kier alpha value is -3.64. The van der Waals surface area contributed by atoms with Crippen LogP contribution in [0.5, 0.6) is 0 Å². The molecule has 44 heavy (non-hydrogen) atoms. The number of imidazole rings is 1. The maximum Gasteiger partial charge on any atom is 0.253 e. The van der Waals surface area contributed by atoms with E-state index in [1.165, 1.54) is 16.7 Å². The smallest absolute Gasteiger partial charge is 0.253 e. The Bertz CT molecular complexity index is 1480. The lowest BCUT2D eigenvalue weighted by molar-refractivity contribution is 0.0741. The SMILES string of the molecule is Cc1ccc(C)c(Nc2nc3ccc(C(=O)N(CCC(C)C)CCC(C)C)cc3n2CCCN(C)CCc2ccccc2)c1. The van der Waals surface area contributed by atoms with E-state index in [1.807, 2.05) is 12.1 Å². The largest absolute Gasteiger partial charge is 0.339 e. The monoisotopic (exact) mass is 595 g/mol. The van der Waals surface area contributed by atoms with Gasteiger partial charge in [0.1, 0.15) is 0 Å². The van der Waals surface area contributed by atoms with Gasteiger partial charge in [0.15, 0.2) is 0 Å². The van der Waals surface area contributed by atoms with Gasteiger partial charge in [-0.1, -0.05) is 70.2 Å². The van der Waals surface area contributed by atoms with Gasteiger partial charge < -0.3 is 19.7 Å². The van der Waals surface area contributed by atoms with E-state index in [9.17, 15) is 4.79 Å². The third-order valence-corrected chi connectivity index (χ3v) is 8.42. The molecule has 1 heterocycles. The van der Waals surface area contributed by atoms with Crippen LogP contribution in [0.25, 0.3) is 11.0 Å². The Morgan fingerprint density at radius 2 is 1.57 bits per heavy atom. The number of anilines is 2. The van der Waals surface area contributed by atoms with E-state index in [0.717, 1.165) is 86.6 Å². The van der Waals surface area contributed by atoms with E-state index in [1.54, 1.807) is 0 Å². The van der Waals surface area contributed by atoms with Gasteiger partial charge in [-0.05, 0) is 106 Å². The van der Waals surface area contributed by atoms with Crippen molar-refractivity contribution < 1.29 is 4.79 Å². The van der Waals surface area contributed by atoms with Crippen LogP contribution >= 0.6 is 0 Å². The van der Waals surface area contributed by atoms with Crippen molar-refractivity contribution in [2.24, 2.45) is 11.8 Å². The number of carbonyl (C=O) groups excluding carboxylic acids is 1. The van der Waals surface area contributed by atoms with Gasteiger partial charge in [0.25, 0.3) is 5.91 Å². The molecule has 0 aliphatic carbocycles. The van der Waals surface area contributed by atoms with Crippen molar-refractivity contribution in [2.45, 2.75) is 73.8 Å². The first-order chi connectivity index (χ1) is 21.1. The summed E-state index contributed by atoms with van der Waals surface area (Å²) >= 11 is 0. The van der Waals surface area contributed by atoms with Gasteiger partial charge in [0.2, 0.25) is 5.95 Å². The molecule has 1 aromatic heterocycles. The van der Waals surface area contributed by atoms with E-state index in [4.69, 9.17) is 4.98 Å². The third-order valence-electron chi connectivity index (χ3n) is 8.42. The summed E-state index contributed by atoms with van der Waals surface area (Å²) in [4.78, 5) is 23.4. The molecular formula is C38H53N5O. The summed E-state index contributed by atoms with van der Waals surface area (Å²) in [5.41, 5.74) is 7.46. The normalized spacial score (nSPS) is 11.7. The van der Waals surface area contributed by atoms with Crippen LogP contribution in [-0.2, 0) is 13.0 Å². The lowest BCUT2D eigenvalue weighted by Gasteiger charge is -2.25. The molecule has 6 nitrogen and oxygen atoms in total. The molecule has 236 valence electrons. The Balaban J connectivity index is 1.58. The van der Waals surface area contributed by atoms with Gasteiger partial charge in [0, 0.05) is 37.4 Å². The Labute approximate surface area is 265 Å².